The summed E-state index contributed by atoms with van der Waals surface area (Å²) in [7, 11) is 0. The van der Waals surface area contributed by atoms with Crippen molar-refractivity contribution in [1.82, 2.24) is 0 Å². The highest BCUT2D eigenvalue weighted by atomic mass is 14.9. The van der Waals surface area contributed by atoms with Crippen LogP contribution in [0, 0.1) is 19.8 Å². The predicted molar refractivity (Wildman–Crippen MR) is 74.3 cm³/mol. The second-order valence-electron chi connectivity index (χ2n) is 5.40. The average molecular weight is 232 g/mol. The van der Waals surface area contributed by atoms with E-state index in [0.29, 0.717) is 6.04 Å². The summed E-state index contributed by atoms with van der Waals surface area (Å²) < 4.78 is 0. The smallest absolute Gasteiger partial charge is 0.0345 e. The Balaban J connectivity index is 1.91. The van der Waals surface area contributed by atoms with Crippen LogP contribution in [0.15, 0.2) is 18.2 Å². The Hall–Kier alpha value is -1.02. The maximum Gasteiger partial charge on any atom is 0.0345 e. The van der Waals surface area contributed by atoms with Crippen LogP contribution in [0.5, 0.6) is 0 Å². The zero-order chi connectivity index (χ0) is 12.3. The van der Waals surface area contributed by atoms with E-state index in [1.165, 1.54) is 42.5 Å². The first-order valence-electron chi connectivity index (χ1n) is 6.73. The quantitative estimate of drug-likeness (QED) is 0.839. The Bertz CT molecular complexity index is 365. The molecule has 0 amide bonds. The van der Waals surface area contributed by atoms with Crippen molar-refractivity contribution in [1.29, 1.82) is 0 Å². The number of nitrogens with one attached hydrogen (secondary N) is 1. The molecule has 2 nitrogen and oxygen atoms in total. The molecule has 94 valence electrons. The standard InChI is InChI=1S/C15H24N2/c1-11-3-6-15(9-12(11)2)17-14-7-4-13(10-16)5-8-14/h3,6,9,13-14,17H,4-5,7-8,10,16H2,1-2H3. The molecule has 0 radical (unpaired) electrons. The van der Waals surface area contributed by atoms with E-state index < -0.39 is 0 Å². The summed E-state index contributed by atoms with van der Waals surface area (Å²) in [6, 6.07) is 7.28. The Morgan fingerprint density at radius 1 is 1.12 bits per heavy atom. The highest BCUT2D eigenvalue weighted by Gasteiger charge is 2.19. The fraction of sp³-hybridized carbons (Fsp3) is 0.600. The van der Waals surface area contributed by atoms with Gasteiger partial charge in [0.1, 0.15) is 0 Å². The predicted octanol–water partition coefficient (Wildman–Crippen LogP) is 3.23. The van der Waals surface area contributed by atoms with Gasteiger partial charge in [-0.2, -0.15) is 0 Å². The van der Waals surface area contributed by atoms with Gasteiger partial charge in [0.25, 0.3) is 0 Å². The van der Waals surface area contributed by atoms with Crippen molar-refractivity contribution < 1.29 is 0 Å². The van der Waals surface area contributed by atoms with Gasteiger partial charge in [-0.05, 0) is 75.3 Å². The SMILES string of the molecule is Cc1ccc(NC2CCC(CN)CC2)cc1C. The maximum atomic E-state index is 5.72. The van der Waals surface area contributed by atoms with Crippen molar-refractivity contribution >= 4 is 5.69 Å². The molecule has 0 saturated heterocycles. The number of rotatable bonds is 3. The normalized spacial score (nSPS) is 24.6. The minimum absolute atomic E-state index is 0.639. The van der Waals surface area contributed by atoms with Crippen LogP contribution in [-0.2, 0) is 0 Å². The highest BCUT2D eigenvalue weighted by molar-refractivity contribution is 5.48. The second kappa shape index (κ2) is 5.54. The highest BCUT2D eigenvalue weighted by Crippen LogP contribution is 2.26. The summed E-state index contributed by atoms with van der Waals surface area (Å²) in [6.45, 7) is 5.19. The fourth-order valence-corrected chi connectivity index (χ4v) is 2.61. The lowest BCUT2D eigenvalue weighted by atomic mass is 9.86. The molecule has 1 aromatic carbocycles. The third-order valence-electron chi connectivity index (χ3n) is 4.06. The topological polar surface area (TPSA) is 38.0 Å². The maximum absolute atomic E-state index is 5.72. The number of hydrogen-bond donors (Lipinski definition) is 2. The van der Waals surface area contributed by atoms with Gasteiger partial charge in [-0.3, -0.25) is 0 Å². The second-order valence-corrected chi connectivity index (χ2v) is 5.40. The van der Waals surface area contributed by atoms with Gasteiger partial charge in [0, 0.05) is 11.7 Å². The summed E-state index contributed by atoms with van der Waals surface area (Å²) in [4.78, 5) is 0. The first-order chi connectivity index (χ1) is 8.19. The van der Waals surface area contributed by atoms with Gasteiger partial charge in [0.05, 0.1) is 0 Å². The minimum Gasteiger partial charge on any atom is -0.382 e. The average Bonchev–Trinajstić information content (AvgIpc) is 2.35. The van der Waals surface area contributed by atoms with Gasteiger partial charge in [0.2, 0.25) is 0 Å². The number of hydrogen-bond acceptors (Lipinski definition) is 2. The Kier molecular flexibility index (Phi) is 4.06. The number of benzene rings is 1. The molecule has 1 saturated carbocycles. The van der Waals surface area contributed by atoms with Crippen LogP contribution in [-0.4, -0.2) is 12.6 Å². The number of anilines is 1. The van der Waals surface area contributed by atoms with Crippen molar-refractivity contribution in [3.05, 3.63) is 29.3 Å². The summed E-state index contributed by atoms with van der Waals surface area (Å²) >= 11 is 0. The summed E-state index contributed by atoms with van der Waals surface area (Å²) in [5.74, 6) is 0.757. The van der Waals surface area contributed by atoms with Crippen molar-refractivity contribution in [3.8, 4) is 0 Å². The summed E-state index contributed by atoms with van der Waals surface area (Å²) in [5, 5.41) is 3.65. The summed E-state index contributed by atoms with van der Waals surface area (Å²) in [5.41, 5.74) is 9.71. The molecule has 1 fully saturated rings. The Morgan fingerprint density at radius 3 is 2.41 bits per heavy atom. The monoisotopic (exact) mass is 232 g/mol. The molecule has 0 spiro atoms. The fourth-order valence-electron chi connectivity index (χ4n) is 2.61. The van der Waals surface area contributed by atoms with Gasteiger partial charge in [-0.25, -0.2) is 0 Å². The van der Waals surface area contributed by atoms with Gasteiger partial charge in [0.15, 0.2) is 0 Å². The summed E-state index contributed by atoms with van der Waals surface area (Å²) in [6.07, 6.45) is 5.07. The van der Waals surface area contributed by atoms with E-state index in [1.807, 2.05) is 0 Å². The molecule has 0 atom stereocenters. The molecular formula is C15H24N2. The van der Waals surface area contributed by atoms with Crippen LogP contribution in [0.25, 0.3) is 0 Å². The molecule has 1 aliphatic rings. The van der Waals surface area contributed by atoms with Crippen molar-refractivity contribution in [3.63, 3.8) is 0 Å². The molecule has 2 heteroatoms. The zero-order valence-corrected chi connectivity index (χ0v) is 11.0. The van der Waals surface area contributed by atoms with E-state index in [9.17, 15) is 0 Å². The largest absolute Gasteiger partial charge is 0.382 e. The first kappa shape index (κ1) is 12.4. The van der Waals surface area contributed by atoms with E-state index in [2.05, 4.69) is 37.4 Å². The molecule has 0 bridgehead atoms. The first-order valence-corrected chi connectivity index (χ1v) is 6.73. The van der Waals surface area contributed by atoms with E-state index in [4.69, 9.17) is 5.73 Å². The minimum atomic E-state index is 0.639. The lowest BCUT2D eigenvalue weighted by Gasteiger charge is -2.29. The lowest BCUT2D eigenvalue weighted by Crippen LogP contribution is -2.29. The number of aryl methyl sites for hydroxylation is 2. The number of nitrogens with two attached hydrogens (primary N) is 1. The molecule has 17 heavy (non-hydrogen) atoms. The molecule has 1 aromatic rings. The van der Waals surface area contributed by atoms with Gasteiger partial charge in [-0.15, -0.1) is 0 Å². The van der Waals surface area contributed by atoms with Crippen LogP contribution >= 0.6 is 0 Å². The van der Waals surface area contributed by atoms with E-state index in [1.54, 1.807) is 0 Å². The van der Waals surface area contributed by atoms with Crippen LogP contribution < -0.4 is 11.1 Å². The van der Waals surface area contributed by atoms with Crippen molar-refractivity contribution in [2.45, 2.75) is 45.6 Å². The Labute approximate surface area is 105 Å². The molecule has 0 aromatic heterocycles. The van der Waals surface area contributed by atoms with Gasteiger partial charge >= 0.3 is 0 Å². The van der Waals surface area contributed by atoms with Crippen LogP contribution in [0.2, 0.25) is 0 Å². The molecule has 0 unspecified atom stereocenters. The third-order valence-corrected chi connectivity index (χ3v) is 4.06. The molecule has 3 N–H and O–H groups in total. The van der Waals surface area contributed by atoms with Crippen LogP contribution in [0.3, 0.4) is 0 Å². The molecule has 0 aliphatic heterocycles. The molecule has 2 rings (SSSR count). The Morgan fingerprint density at radius 2 is 1.82 bits per heavy atom. The van der Waals surface area contributed by atoms with Crippen LogP contribution in [0.1, 0.15) is 36.8 Å². The van der Waals surface area contributed by atoms with E-state index in [0.717, 1.165) is 12.5 Å². The van der Waals surface area contributed by atoms with E-state index in [-0.39, 0.29) is 0 Å². The van der Waals surface area contributed by atoms with Crippen LogP contribution in [0.4, 0.5) is 5.69 Å². The lowest BCUT2D eigenvalue weighted by molar-refractivity contribution is 0.345. The zero-order valence-electron chi connectivity index (χ0n) is 11.0. The molecule has 0 heterocycles. The van der Waals surface area contributed by atoms with Gasteiger partial charge < -0.3 is 11.1 Å². The van der Waals surface area contributed by atoms with E-state index >= 15 is 0 Å². The molecule has 1 aliphatic carbocycles. The third kappa shape index (κ3) is 3.22. The van der Waals surface area contributed by atoms with Crippen molar-refractivity contribution in [2.75, 3.05) is 11.9 Å². The molecular weight excluding hydrogens is 208 g/mol. The van der Waals surface area contributed by atoms with Crippen molar-refractivity contribution in [2.24, 2.45) is 11.7 Å². The van der Waals surface area contributed by atoms with Gasteiger partial charge in [-0.1, -0.05) is 6.07 Å².